The highest BCUT2D eigenvalue weighted by atomic mass is 19.2. The van der Waals surface area contributed by atoms with Crippen LogP contribution in [-0.2, 0) is 4.79 Å². The first kappa shape index (κ1) is 15.5. The monoisotopic (exact) mass is 249 g/mol. The zero-order valence-corrected chi connectivity index (χ0v) is 9.83. The van der Waals surface area contributed by atoms with Crippen LogP contribution >= 0.6 is 0 Å². The van der Waals surface area contributed by atoms with Crippen LogP contribution < -0.4 is 11.5 Å². The molecule has 0 fully saturated rings. The van der Waals surface area contributed by atoms with E-state index in [0.29, 0.717) is 5.84 Å². The van der Waals surface area contributed by atoms with E-state index in [9.17, 15) is 13.6 Å². The van der Waals surface area contributed by atoms with Gasteiger partial charge >= 0.3 is 5.97 Å². The van der Waals surface area contributed by atoms with Gasteiger partial charge < -0.3 is 16.6 Å². The minimum Gasteiger partial charge on any atom is -0.480 e. The summed E-state index contributed by atoms with van der Waals surface area (Å²) in [4.78, 5) is 14.4. The highest BCUT2D eigenvalue weighted by molar-refractivity contribution is 5.81. The molecule has 98 valence electrons. The number of amidine groups is 1. The van der Waals surface area contributed by atoms with Crippen molar-refractivity contribution in [1.82, 2.24) is 0 Å². The fourth-order valence-corrected chi connectivity index (χ4v) is 0.975. The maximum absolute atomic E-state index is 13.3. The largest absolute Gasteiger partial charge is 0.480 e. The van der Waals surface area contributed by atoms with Crippen molar-refractivity contribution in [2.75, 3.05) is 6.54 Å². The fraction of sp³-hybridized carbons (Fsp3) is 0.600. The molecule has 0 aliphatic carbocycles. The van der Waals surface area contributed by atoms with Crippen molar-refractivity contribution in [3.63, 3.8) is 0 Å². The van der Waals surface area contributed by atoms with Crippen LogP contribution in [0.5, 0.6) is 0 Å². The lowest BCUT2D eigenvalue weighted by molar-refractivity contribution is -0.141. The van der Waals surface area contributed by atoms with Gasteiger partial charge in [0.05, 0.1) is 5.84 Å². The van der Waals surface area contributed by atoms with E-state index >= 15 is 0 Å². The van der Waals surface area contributed by atoms with Crippen LogP contribution in [0.1, 0.15) is 26.7 Å². The van der Waals surface area contributed by atoms with Gasteiger partial charge in [-0.2, -0.15) is 0 Å². The van der Waals surface area contributed by atoms with Gasteiger partial charge in [-0.1, -0.05) is 0 Å². The molecular weight excluding hydrogens is 232 g/mol. The minimum atomic E-state index is -2.34. The number of nitrogens with two attached hydrogens (primary N) is 2. The number of allylic oxidation sites excluding steroid dienone is 1. The molecule has 0 amide bonds. The van der Waals surface area contributed by atoms with Gasteiger partial charge in [0.2, 0.25) is 0 Å². The minimum absolute atomic E-state index is 0.226. The quantitative estimate of drug-likeness (QED) is 0.372. The second kappa shape index (κ2) is 6.29. The van der Waals surface area contributed by atoms with Crippen LogP contribution in [0, 0.1) is 0 Å². The molecule has 0 saturated heterocycles. The van der Waals surface area contributed by atoms with Gasteiger partial charge in [0, 0.05) is 13.0 Å². The summed E-state index contributed by atoms with van der Waals surface area (Å²) >= 11 is 0. The van der Waals surface area contributed by atoms with Gasteiger partial charge in [0.15, 0.2) is 11.4 Å². The molecule has 0 radical (unpaired) electrons. The zero-order chi connectivity index (χ0) is 13.6. The number of aliphatic imine (C=N–C) groups is 1. The Morgan fingerprint density at radius 1 is 1.47 bits per heavy atom. The first-order chi connectivity index (χ1) is 7.69. The highest BCUT2D eigenvalue weighted by Crippen LogP contribution is 2.23. The van der Waals surface area contributed by atoms with Gasteiger partial charge in [-0.25, -0.2) is 13.6 Å². The normalized spacial score (nSPS) is 17.4. The molecule has 0 saturated carbocycles. The third-order valence-corrected chi connectivity index (χ3v) is 2.05. The topological polar surface area (TPSA) is 102 Å². The molecule has 0 spiro atoms. The second-order valence-electron chi connectivity index (χ2n) is 3.85. The van der Waals surface area contributed by atoms with Crippen LogP contribution in [0.15, 0.2) is 16.6 Å². The Morgan fingerprint density at radius 2 is 2.00 bits per heavy atom. The zero-order valence-electron chi connectivity index (χ0n) is 9.83. The molecule has 5 nitrogen and oxygen atoms in total. The van der Waals surface area contributed by atoms with Crippen molar-refractivity contribution in [1.29, 1.82) is 0 Å². The Hall–Kier alpha value is -1.50. The van der Waals surface area contributed by atoms with E-state index in [0.717, 1.165) is 6.92 Å². The average Bonchev–Trinajstić information content (AvgIpc) is 2.22. The molecule has 0 heterocycles. The number of carboxylic acids is 1. The Balaban J connectivity index is 4.51. The molecule has 5 N–H and O–H groups in total. The molecule has 1 atom stereocenters. The average molecular weight is 249 g/mol. The molecule has 0 aliphatic rings. The number of nitrogens with zero attached hydrogens (tertiary/aromatic N) is 1. The lowest BCUT2D eigenvalue weighted by atomic mass is 10.0. The Kier molecular flexibility index (Phi) is 5.73. The molecule has 0 aliphatic heterocycles. The predicted octanol–water partition coefficient (Wildman–Crippen LogP) is 1.10. The lowest BCUT2D eigenvalue weighted by Gasteiger charge is -2.17. The lowest BCUT2D eigenvalue weighted by Crippen LogP contribution is -2.45. The van der Waals surface area contributed by atoms with E-state index in [1.807, 2.05) is 0 Å². The molecule has 0 aromatic heterocycles. The maximum atomic E-state index is 13.3. The third-order valence-electron chi connectivity index (χ3n) is 2.05. The van der Waals surface area contributed by atoms with E-state index in [2.05, 4.69) is 4.99 Å². The summed E-state index contributed by atoms with van der Waals surface area (Å²) in [6.07, 6.45) is -0.0355. The van der Waals surface area contributed by atoms with Crippen molar-refractivity contribution in [3.05, 3.63) is 11.7 Å². The molecule has 17 heavy (non-hydrogen) atoms. The summed E-state index contributed by atoms with van der Waals surface area (Å²) in [5, 5.41) is 8.60. The van der Waals surface area contributed by atoms with Gasteiger partial charge in [0.25, 0.3) is 0 Å². The predicted molar refractivity (Wildman–Crippen MR) is 60.9 cm³/mol. The second-order valence-corrected chi connectivity index (χ2v) is 3.85. The number of rotatable bonds is 6. The first-order valence-electron chi connectivity index (χ1n) is 5.03. The van der Waals surface area contributed by atoms with Crippen molar-refractivity contribution in [2.24, 2.45) is 16.5 Å². The van der Waals surface area contributed by atoms with Crippen LogP contribution in [0.25, 0.3) is 0 Å². The number of carbonyl (C=O) groups is 1. The van der Waals surface area contributed by atoms with Crippen molar-refractivity contribution in [3.8, 4) is 0 Å². The Labute approximate surface area is 98.2 Å². The van der Waals surface area contributed by atoms with Crippen LogP contribution in [0.2, 0.25) is 0 Å². The Morgan fingerprint density at radius 3 is 2.41 bits per heavy atom. The summed E-state index contributed by atoms with van der Waals surface area (Å²) in [5.74, 6) is -3.90. The van der Waals surface area contributed by atoms with Crippen LogP contribution in [-0.4, -0.2) is 29.0 Å². The summed E-state index contributed by atoms with van der Waals surface area (Å²) in [6, 6.07) is 0. The van der Waals surface area contributed by atoms with Gasteiger partial charge in [-0.15, -0.1) is 0 Å². The van der Waals surface area contributed by atoms with Gasteiger partial charge in [-0.3, -0.25) is 4.99 Å². The maximum Gasteiger partial charge on any atom is 0.330 e. The standard InChI is InChI=1S/C10H17F2N3O2/c1-6(13)15-5-3-4-7(11)8(12)10(2,14)9(16)17/h3-5,14H2,1-2H3,(H2,13,15)(H,16,17)/b8-7+/t10-/m1/s1. The summed E-state index contributed by atoms with van der Waals surface area (Å²) in [5.41, 5.74) is 8.05. The van der Waals surface area contributed by atoms with Crippen LogP contribution in [0.3, 0.4) is 0 Å². The molecule has 0 aromatic rings. The van der Waals surface area contributed by atoms with Crippen molar-refractivity contribution >= 4 is 11.8 Å². The molecule has 0 rings (SSSR count). The molecule has 0 aromatic carbocycles. The number of halogens is 2. The number of carboxylic acid groups (broad SMARTS) is 1. The summed E-state index contributed by atoms with van der Waals surface area (Å²) in [6.45, 7) is 2.72. The molecule has 7 heteroatoms. The van der Waals surface area contributed by atoms with Crippen molar-refractivity contribution < 1.29 is 18.7 Å². The first-order valence-corrected chi connectivity index (χ1v) is 5.03. The van der Waals surface area contributed by atoms with Gasteiger partial charge in [-0.05, 0) is 20.3 Å². The van der Waals surface area contributed by atoms with E-state index in [1.54, 1.807) is 6.92 Å². The number of hydrogen-bond donors (Lipinski definition) is 3. The fourth-order valence-electron chi connectivity index (χ4n) is 0.975. The molecule has 0 unspecified atom stereocenters. The van der Waals surface area contributed by atoms with Crippen LogP contribution in [0.4, 0.5) is 8.78 Å². The summed E-state index contributed by atoms with van der Waals surface area (Å²) in [7, 11) is 0. The highest BCUT2D eigenvalue weighted by Gasteiger charge is 2.36. The summed E-state index contributed by atoms with van der Waals surface area (Å²) < 4.78 is 26.6. The SMILES string of the molecule is CC(N)=NCCC/C(F)=C(\F)[C@@](C)(N)C(=O)O. The molecule has 0 bridgehead atoms. The van der Waals surface area contributed by atoms with E-state index in [-0.39, 0.29) is 19.4 Å². The van der Waals surface area contributed by atoms with E-state index in [1.165, 1.54) is 0 Å². The Bertz CT molecular complexity index is 347. The van der Waals surface area contributed by atoms with Gasteiger partial charge in [0.1, 0.15) is 5.83 Å². The van der Waals surface area contributed by atoms with E-state index in [4.69, 9.17) is 16.6 Å². The van der Waals surface area contributed by atoms with E-state index < -0.39 is 23.2 Å². The molecular formula is C10H17F2N3O2. The number of hydrogen-bond acceptors (Lipinski definition) is 3. The number of aliphatic carboxylic acids is 1. The van der Waals surface area contributed by atoms with Crippen molar-refractivity contribution in [2.45, 2.75) is 32.2 Å². The third kappa shape index (κ3) is 4.90. The smallest absolute Gasteiger partial charge is 0.330 e.